The van der Waals surface area contributed by atoms with Gasteiger partial charge in [-0.2, -0.15) is 4.72 Å². The molecule has 2 aromatic carbocycles. The van der Waals surface area contributed by atoms with Crippen molar-refractivity contribution in [2.75, 3.05) is 13.7 Å². The Kier molecular flexibility index (Phi) is 6.33. The lowest BCUT2D eigenvalue weighted by Crippen LogP contribution is -2.30. The molecule has 0 aliphatic heterocycles. The van der Waals surface area contributed by atoms with Crippen LogP contribution in [0.5, 0.6) is 5.75 Å². The van der Waals surface area contributed by atoms with Crippen molar-refractivity contribution in [3.05, 3.63) is 58.9 Å². The number of rotatable bonds is 7. The quantitative estimate of drug-likeness (QED) is 0.745. The first-order valence-corrected chi connectivity index (χ1v) is 9.26. The predicted octanol–water partition coefficient (Wildman–Crippen LogP) is 2.47. The number of methoxy groups -OCH3 is 1. The molecule has 26 heavy (non-hydrogen) atoms. The second-order valence-corrected chi connectivity index (χ2v) is 7.47. The Labute approximate surface area is 152 Å². The van der Waals surface area contributed by atoms with Crippen molar-refractivity contribution in [2.24, 2.45) is 0 Å². The first-order chi connectivity index (χ1) is 12.2. The summed E-state index contributed by atoms with van der Waals surface area (Å²) >= 11 is 0. The molecule has 0 aliphatic carbocycles. The van der Waals surface area contributed by atoms with Crippen LogP contribution in [0.1, 0.15) is 16.7 Å². The minimum Gasteiger partial charge on any atom is -0.494 e. The second kappa shape index (κ2) is 8.29. The highest BCUT2D eigenvalue weighted by atomic mass is 32.2. The lowest BCUT2D eigenvalue weighted by atomic mass is 10.1. The van der Waals surface area contributed by atoms with Crippen molar-refractivity contribution >= 4 is 16.0 Å². The van der Waals surface area contributed by atoms with Crippen molar-refractivity contribution in [3.8, 4) is 5.75 Å². The van der Waals surface area contributed by atoms with E-state index in [0.29, 0.717) is 5.56 Å². The van der Waals surface area contributed by atoms with E-state index in [4.69, 9.17) is 9.47 Å². The van der Waals surface area contributed by atoms with Gasteiger partial charge in [0.1, 0.15) is 13.2 Å². The maximum Gasteiger partial charge on any atom is 0.321 e. The summed E-state index contributed by atoms with van der Waals surface area (Å²) < 4.78 is 49.9. The Balaban J connectivity index is 1.91. The van der Waals surface area contributed by atoms with Crippen molar-refractivity contribution in [1.29, 1.82) is 0 Å². The van der Waals surface area contributed by atoms with Gasteiger partial charge in [0.25, 0.3) is 0 Å². The number of nitrogens with one attached hydrogen (secondary N) is 1. The fourth-order valence-corrected chi connectivity index (χ4v) is 3.19. The molecule has 0 saturated carbocycles. The molecule has 2 rings (SSSR count). The summed E-state index contributed by atoms with van der Waals surface area (Å²) in [6.07, 6.45) is 0. The number of halogens is 1. The number of hydrogen-bond acceptors (Lipinski definition) is 5. The summed E-state index contributed by atoms with van der Waals surface area (Å²) in [5, 5.41) is 0. The Hall–Kier alpha value is -2.45. The molecule has 0 unspecified atom stereocenters. The number of sulfonamides is 1. The van der Waals surface area contributed by atoms with E-state index in [1.165, 1.54) is 31.4 Å². The maximum atomic E-state index is 13.6. The molecule has 0 spiro atoms. The molecular weight excluding hydrogens is 361 g/mol. The van der Waals surface area contributed by atoms with Gasteiger partial charge in [-0.3, -0.25) is 4.79 Å². The molecule has 6 nitrogen and oxygen atoms in total. The number of aryl methyl sites for hydroxylation is 2. The number of esters is 1. The lowest BCUT2D eigenvalue weighted by molar-refractivity contribution is -0.143. The molecule has 8 heteroatoms. The van der Waals surface area contributed by atoms with Gasteiger partial charge in [0.05, 0.1) is 12.0 Å². The zero-order chi connectivity index (χ0) is 19.3. The third-order valence-corrected chi connectivity index (χ3v) is 5.21. The summed E-state index contributed by atoms with van der Waals surface area (Å²) in [6, 6.07) is 8.85. The fourth-order valence-electron chi connectivity index (χ4n) is 2.13. The van der Waals surface area contributed by atoms with Crippen LogP contribution in [0.25, 0.3) is 0 Å². The summed E-state index contributed by atoms with van der Waals surface area (Å²) in [4.78, 5) is 11.8. The zero-order valence-corrected chi connectivity index (χ0v) is 15.5. The van der Waals surface area contributed by atoms with Gasteiger partial charge in [0, 0.05) is 0 Å². The van der Waals surface area contributed by atoms with Crippen LogP contribution in [-0.2, 0) is 26.2 Å². The predicted molar refractivity (Wildman–Crippen MR) is 93.9 cm³/mol. The standard InChI is InChI=1S/C18H20FNO5S/c1-12-4-6-15(8-13(12)2)26(22,23)20-10-18(21)25-11-14-5-7-17(24-3)16(19)9-14/h4-9,20H,10-11H2,1-3H3. The van der Waals surface area contributed by atoms with Gasteiger partial charge in [-0.05, 0) is 54.8 Å². The van der Waals surface area contributed by atoms with Crippen molar-refractivity contribution < 1.29 is 27.1 Å². The molecule has 0 aliphatic rings. The SMILES string of the molecule is COc1ccc(COC(=O)CNS(=O)(=O)c2ccc(C)c(C)c2)cc1F. The highest BCUT2D eigenvalue weighted by Crippen LogP contribution is 2.18. The molecule has 0 fully saturated rings. The van der Waals surface area contributed by atoms with Crippen LogP contribution in [0.2, 0.25) is 0 Å². The fraction of sp³-hybridized carbons (Fsp3) is 0.278. The Morgan fingerprint density at radius 2 is 1.85 bits per heavy atom. The van der Waals surface area contributed by atoms with Gasteiger partial charge in [0.2, 0.25) is 10.0 Å². The van der Waals surface area contributed by atoms with Gasteiger partial charge in [-0.15, -0.1) is 0 Å². The van der Waals surface area contributed by atoms with Crippen LogP contribution in [-0.4, -0.2) is 28.0 Å². The van der Waals surface area contributed by atoms with E-state index < -0.39 is 28.4 Å². The van der Waals surface area contributed by atoms with Crippen LogP contribution in [0.3, 0.4) is 0 Å². The number of carbonyl (C=O) groups excluding carboxylic acids is 1. The largest absolute Gasteiger partial charge is 0.494 e. The van der Waals surface area contributed by atoms with Gasteiger partial charge in [-0.1, -0.05) is 12.1 Å². The lowest BCUT2D eigenvalue weighted by Gasteiger charge is -2.09. The summed E-state index contributed by atoms with van der Waals surface area (Å²) in [7, 11) is -2.47. The Morgan fingerprint density at radius 3 is 2.46 bits per heavy atom. The van der Waals surface area contributed by atoms with E-state index >= 15 is 0 Å². The first kappa shape index (κ1) is 19.9. The molecule has 0 bridgehead atoms. The molecule has 0 heterocycles. The minimum absolute atomic E-state index is 0.0747. The van der Waals surface area contributed by atoms with Gasteiger partial charge >= 0.3 is 5.97 Å². The highest BCUT2D eigenvalue weighted by Gasteiger charge is 2.17. The zero-order valence-electron chi connectivity index (χ0n) is 14.7. The molecule has 1 N–H and O–H groups in total. The molecular formula is C18H20FNO5S. The summed E-state index contributed by atoms with van der Waals surface area (Å²) in [6.45, 7) is 2.98. The van der Waals surface area contributed by atoms with Crippen molar-refractivity contribution in [3.63, 3.8) is 0 Å². The molecule has 0 radical (unpaired) electrons. The minimum atomic E-state index is -3.82. The first-order valence-electron chi connectivity index (χ1n) is 7.78. The number of benzene rings is 2. The van der Waals surface area contributed by atoms with Gasteiger partial charge < -0.3 is 9.47 Å². The van der Waals surface area contributed by atoms with Crippen LogP contribution in [0.15, 0.2) is 41.3 Å². The molecule has 0 aromatic heterocycles. The second-order valence-electron chi connectivity index (χ2n) is 5.70. The van der Waals surface area contributed by atoms with Crippen molar-refractivity contribution in [2.45, 2.75) is 25.3 Å². The highest BCUT2D eigenvalue weighted by molar-refractivity contribution is 7.89. The molecule has 2 aromatic rings. The summed E-state index contributed by atoms with van der Waals surface area (Å²) in [5.41, 5.74) is 2.22. The Morgan fingerprint density at radius 1 is 1.12 bits per heavy atom. The third-order valence-electron chi connectivity index (χ3n) is 3.81. The van der Waals surface area contributed by atoms with E-state index in [-0.39, 0.29) is 17.3 Å². The van der Waals surface area contributed by atoms with E-state index in [9.17, 15) is 17.6 Å². The van der Waals surface area contributed by atoms with Crippen LogP contribution in [0.4, 0.5) is 4.39 Å². The maximum absolute atomic E-state index is 13.6. The van der Waals surface area contributed by atoms with Gasteiger partial charge in [0.15, 0.2) is 11.6 Å². The van der Waals surface area contributed by atoms with Crippen LogP contribution >= 0.6 is 0 Å². The molecule has 140 valence electrons. The third kappa shape index (κ3) is 5.03. The average molecular weight is 381 g/mol. The van der Waals surface area contributed by atoms with Crippen LogP contribution < -0.4 is 9.46 Å². The van der Waals surface area contributed by atoms with E-state index in [2.05, 4.69) is 4.72 Å². The normalized spacial score (nSPS) is 11.2. The summed E-state index contributed by atoms with van der Waals surface area (Å²) in [5.74, 6) is -1.26. The van der Waals surface area contributed by atoms with E-state index in [0.717, 1.165) is 11.1 Å². The average Bonchev–Trinajstić information content (AvgIpc) is 2.60. The topological polar surface area (TPSA) is 81.7 Å². The monoisotopic (exact) mass is 381 g/mol. The Bertz CT molecular complexity index is 912. The van der Waals surface area contributed by atoms with Gasteiger partial charge in [-0.25, -0.2) is 12.8 Å². The molecule has 0 amide bonds. The van der Waals surface area contributed by atoms with Crippen molar-refractivity contribution in [1.82, 2.24) is 4.72 Å². The number of carbonyl (C=O) groups is 1. The molecule has 0 atom stereocenters. The van der Waals surface area contributed by atoms with E-state index in [1.54, 1.807) is 19.1 Å². The van der Waals surface area contributed by atoms with E-state index in [1.807, 2.05) is 6.92 Å². The smallest absolute Gasteiger partial charge is 0.321 e. The van der Waals surface area contributed by atoms with Crippen LogP contribution in [0, 0.1) is 19.7 Å². The molecule has 0 saturated heterocycles. The number of hydrogen-bond donors (Lipinski definition) is 1. The number of ether oxygens (including phenoxy) is 2.